The van der Waals surface area contributed by atoms with Gasteiger partial charge in [0, 0.05) is 41.3 Å². The quantitative estimate of drug-likeness (QED) is 0.314. The number of fused-ring (bicyclic) bond motifs is 1. The van der Waals surface area contributed by atoms with Crippen LogP contribution in [0.15, 0.2) is 65.2 Å². The van der Waals surface area contributed by atoms with E-state index in [0.717, 1.165) is 65.6 Å². The zero-order valence-corrected chi connectivity index (χ0v) is 21.7. The Morgan fingerprint density at radius 3 is 2.53 bits per heavy atom. The van der Waals surface area contributed by atoms with Gasteiger partial charge >= 0.3 is 5.97 Å². The zero-order chi connectivity index (χ0) is 25.3. The van der Waals surface area contributed by atoms with Crippen molar-refractivity contribution in [3.05, 3.63) is 70.7 Å². The highest BCUT2D eigenvalue weighted by Crippen LogP contribution is 2.53. The minimum Gasteiger partial charge on any atom is -0.480 e. The number of rotatable bonds is 8. The molecular weight excluding hydrogens is 520 g/mol. The summed E-state index contributed by atoms with van der Waals surface area (Å²) >= 11 is 3.42. The predicted molar refractivity (Wildman–Crippen MR) is 143 cm³/mol. The summed E-state index contributed by atoms with van der Waals surface area (Å²) in [6.45, 7) is 1.99. The number of carboxylic acid groups (broad SMARTS) is 1. The molecule has 186 valence electrons. The summed E-state index contributed by atoms with van der Waals surface area (Å²) in [5, 5.41) is 18.8. The van der Waals surface area contributed by atoms with Gasteiger partial charge in [0.2, 0.25) is 0 Å². The Bertz CT molecular complexity index is 1330. The van der Waals surface area contributed by atoms with Crippen molar-refractivity contribution in [2.45, 2.75) is 57.4 Å². The number of hydrogen-bond donors (Lipinski definition) is 3. The Balaban J connectivity index is 1.37. The van der Waals surface area contributed by atoms with Crippen molar-refractivity contribution in [3.63, 3.8) is 0 Å². The molecule has 8 heteroatoms. The maximum atomic E-state index is 12.8. The van der Waals surface area contributed by atoms with Gasteiger partial charge in [-0.15, -0.1) is 0 Å². The molecule has 2 aromatic heterocycles. The summed E-state index contributed by atoms with van der Waals surface area (Å²) < 4.78 is 0.502. The van der Waals surface area contributed by atoms with Gasteiger partial charge in [-0.1, -0.05) is 38.3 Å². The maximum Gasteiger partial charge on any atom is 0.326 e. The van der Waals surface area contributed by atoms with Crippen LogP contribution >= 0.6 is 15.9 Å². The van der Waals surface area contributed by atoms with E-state index in [0.29, 0.717) is 10.9 Å². The van der Waals surface area contributed by atoms with E-state index in [9.17, 15) is 14.7 Å². The molecule has 7 nitrogen and oxygen atoms in total. The number of nitrogens with one attached hydrogen (secondary N) is 2. The van der Waals surface area contributed by atoms with Crippen molar-refractivity contribution in [2.75, 3.05) is 5.32 Å². The minimum absolute atomic E-state index is 0.106. The first-order valence-electron chi connectivity index (χ1n) is 12.4. The molecule has 1 aromatic carbocycles. The Morgan fingerprint density at radius 1 is 1.11 bits per heavy atom. The number of halogens is 1. The van der Waals surface area contributed by atoms with E-state index < -0.39 is 17.4 Å². The molecule has 0 aliphatic heterocycles. The third-order valence-electron chi connectivity index (χ3n) is 7.62. The second kappa shape index (κ2) is 10.0. The number of anilines is 2. The SMILES string of the molecule is CCC(c1ccc(Nc2nccc3ccncc23)cc1)[C@H](NC1=C(Br)C(=O)C12CCCCC2)C(=O)O. The molecular formula is C28H29BrN4O3. The van der Waals surface area contributed by atoms with E-state index >= 15 is 0 Å². The molecule has 3 N–H and O–H groups in total. The number of allylic oxidation sites excluding steroid dienone is 2. The van der Waals surface area contributed by atoms with Gasteiger partial charge in [0.15, 0.2) is 5.78 Å². The summed E-state index contributed by atoms with van der Waals surface area (Å²) in [5.74, 6) is -0.362. The first kappa shape index (κ1) is 24.4. The van der Waals surface area contributed by atoms with Crippen molar-refractivity contribution in [1.82, 2.24) is 15.3 Å². The lowest BCUT2D eigenvalue weighted by atomic mass is 9.62. The number of benzene rings is 1. The molecule has 2 aliphatic carbocycles. The fourth-order valence-electron chi connectivity index (χ4n) is 5.63. The standard InChI is InChI=1S/C28H29BrN4O3/c1-2-20(23(27(35)36)33-24-22(29)25(34)28(24)12-4-3-5-13-28)17-6-8-19(9-7-17)32-26-21-16-30-14-10-18(21)11-15-31-26/h6-11,14-16,20,23,33H,2-5,12-13H2,1H3,(H,31,32)(H,35,36)/t20?,23-/m0/s1. The van der Waals surface area contributed by atoms with Crippen LogP contribution in [0.1, 0.15) is 56.9 Å². The number of ketones is 1. The van der Waals surface area contributed by atoms with Crippen LogP contribution in [-0.4, -0.2) is 32.9 Å². The first-order chi connectivity index (χ1) is 17.4. The van der Waals surface area contributed by atoms with Crippen molar-refractivity contribution in [3.8, 4) is 0 Å². The number of hydrogen-bond acceptors (Lipinski definition) is 6. The van der Waals surface area contributed by atoms with Gasteiger partial charge < -0.3 is 15.7 Å². The van der Waals surface area contributed by atoms with Gasteiger partial charge in [-0.05, 0) is 70.4 Å². The normalized spacial score (nSPS) is 18.6. The molecule has 2 heterocycles. The summed E-state index contributed by atoms with van der Waals surface area (Å²) in [4.78, 5) is 33.9. The van der Waals surface area contributed by atoms with Crippen LogP contribution < -0.4 is 10.6 Å². The van der Waals surface area contributed by atoms with Gasteiger partial charge in [-0.2, -0.15) is 0 Å². The molecule has 1 fully saturated rings. The van der Waals surface area contributed by atoms with E-state index in [4.69, 9.17) is 0 Å². The Labute approximate surface area is 218 Å². The smallest absolute Gasteiger partial charge is 0.326 e. The molecule has 1 unspecified atom stereocenters. The average Bonchev–Trinajstić information content (AvgIpc) is 2.91. The van der Waals surface area contributed by atoms with Crippen LogP contribution in [0, 0.1) is 5.41 Å². The van der Waals surface area contributed by atoms with Crippen LogP contribution in [0.25, 0.3) is 10.8 Å². The van der Waals surface area contributed by atoms with Gasteiger partial charge in [0.1, 0.15) is 11.9 Å². The van der Waals surface area contributed by atoms with Crippen LogP contribution in [0.3, 0.4) is 0 Å². The summed E-state index contributed by atoms with van der Waals surface area (Å²) in [6.07, 6.45) is 10.6. The lowest BCUT2D eigenvalue weighted by molar-refractivity contribution is -0.140. The summed E-state index contributed by atoms with van der Waals surface area (Å²) in [6, 6.07) is 10.9. The van der Waals surface area contributed by atoms with Crippen LogP contribution in [0.4, 0.5) is 11.5 Å². The van der Waals surface area contributed by atoms with Gasteiger partial charge in [-0.3, -0.25) is 9.78 Å². The van der Waals surface area contributed by atoms with Crippen LogP contribution in [0.2, 0.25) is 0 Å². The lowest BCUT2D eigenvalue weighted by Gasteiger charge is -2.46. The van der Waals surface area contributed by atoms with Crippen molar-refractivity contribution in [1.29, 1.82) is 0 Å². The molecule has 2 atom stereocenters. The summed E-state index contributed by atoms with van der Waals surface area (Å²) in [5.41, 5.74) is 2.01. The van der Waals surface area contributed by atoms with Crippen molar-refractivity contribution in [2.24, 2.45) is 5.41 Å². The number of aromatic nitrogens is 2. The molecule has 3 aromatic rings. The predicted octanol–water partition coefficient (Wildman–Crippen LogP) is 6.05. The van der Waals surface area contributed by atoms with Crippen molar-refractivity contribution < 1.29 is 14.7 Å². The highest BCUT2D eigenvalue weighted by molar-refractivity contribution is 9.12. The monoisotopic (exact) mass is 548 g/mol. The zero-order valence-electron chi connectivity index (χ0n) is 20.1. The first-order valence-corrected chi connectivity index (χ1v) is 13.2. The molecule has 0 radical (unpaired) electrons. The van der Waals surface area contributed by atoms with Gasteiger partial charge in [0.25, 0.3) is 0 Å². The topological polar surface area (TPSA) is 104 Å². The number of Topliss-reactive ketones (excluding diaryl/α,β-unsaturated/α-hetero) is 1. The van der Waals surface area contributed by atoms with Gasteiger partial charge in [-0.25, -0.2) is 9.78 Å². The number of nitrogens with zero attached hydrogens (tertiary/aromatic N) is 2. The fraction of sp³-hybridized carbons (Fsp3) is 0.357. The van der Waals surface area contributed by atoms with Gasteiger partial charge in [0.05, 0.1) is 9.90 Å². The molecule has 36 heavy (non-hydrogen) atoms. The average molecular weight is 549 g/mol. The Morgan fingerprint density at radius 2 is 1.83 bits per heavy atom. The maximum absolute atomic E-state index is 12.8. The van der Waals surface area contributed by atoms with Crippen LogP contribution in [0.5, 0.6) is 0 Å². The largest absolute Gasteiger partial charge is 0.480 e. The lowest BCUT2D eigenvalue weighted by Crippen LogP contribution is -2.54. The Hall–Kier alpha value is -3.26. The minimum atomic E-state index is -0.922. The van der Waals surface area contributed by atoms with E-state index in [1.165, 1.54) is 0 Å². The molecule has 5 rings (SSSR count). The number of carbonyl (C=O) groups is 2. The molecule has 0 amide bonds. The van der Waals surface area contributed by atoms with Crippen LogP contribution in [-0.2, 0) is 9.59 Å². The van der Waals surface area contributed by atoms with E-state index in [2.05, 4.69) is 36.5 Å². The molecule has 1 saturated carbocycles. The van der Waals surface area contributed by atoms with E-state index in [1.54, 1.807) is 18.6 Å². The highest BCUT2D eigenvalue weighted by atomic mass is 79.9. The molecule has 0 saturated heterocycles. The second-order valence-electron chi connectivity index (χ2n) is 9.64. The molecule has 1 spiro atoms. The highest BCUT2D eigenvalue weighted by Gasteiger charge is 2.54. The number of carboxylic acids is 1. The second-order valence-corrected chi connectivity index (χ2v) is 10.4. The molecule has 2 aliphatic rings. The number of carbonyl (C=O) groups excluding carboxylic acids is 1. The van der Waals surface area contributed by atoms with E-state index in [-0.39, 0.29) is 11.7 Å². The summed E-state index contributed by atoms with van der Waals surface area (Å²) in [7, 11) is 0. The third kappa shape index (κ3) is 4.28. The van der Waals surface area contributed by atoms with E-state index in [1.807, 2.05) is 43.3 Å². The third-order valence-corrected chi connectivity index (χ3v) is 8.37. The number of aliphatic carboxylic acids is 1. The number of pyridine rings is 2. The Kier molecular flexibility index (Phi) is 6.79. The molecule has 0 bridgehead atoms. The van der Waals surface area contributed by atoms with Crippen molar-refractivity contribution >= 4 is 50.0 Å². The fourth-order valence-corrected chi connectivity index (χ4v) is 6.51.